The van der Waals surface area contributed by atoms with Crippen LogP contribution in [0.2, 0.25) is 0 Å². The van der Waals surface area contributed by atoms with Crippen molar-refractivity contribution >= 4 is 26.8 Å². The maximum Gasteiger partial charge on any atom is 0.251 e. The molecule has 4 rings (SSSR count). The molecule has 7 nitrogen and oxygen atoms in total. The molecule has 1 aliphatic rings. The van der Waals surface area contributed by atoms with Crippen LogP contribution in [0.1, 0.15) is 39.7 Å². The largest absolute Gasteiger partial charge is 0.379 e. The minimum absolute atomic E-state index is 0.203. The number of carbonyl (C=O) groups excluding carboxylic acids is 1. The van der Waals surface area contributed by atoms with Crippen LogP contribution in [0.15, 0.2) is 41.3 Å². The number of H-pyrrole nitrogens is 1. The van der Waals surface area contributed by atoms with Gasteiger partial charge in [0.15, 0.2) is 0 Å². The zero-order chi connectivity index (χ0) is 22.9. The van der Waals surface area contributed by atoms with Crippen molar-refractivity contribution in [2.45, 2.75) is 38.6 Å². The van der Waals surface area contributed by atoms with Crippen LogP contribution in [-0.4, -0.2) is 49.9 Å². The van der Waals surface area contributed by atoms with Gasteiger partial charge in [-0.2, -0.15) is 4.31 Å². The Labute approximate surface area is 188 Å². The molecule has 2 heterocycles. The smallest absolute Gasteiger partial charge is 0.251 e. The maximum atomic E-state index is 13.2. The summed E-state index contributed by atoms with van der Waals surface area (Å²) < 4.78 is 33.2. The van der Waals surface area contributed by atoms with Crippen molar-refractivity contribution in [1.82, 2.24) is 14.6 Å². The van der Waals surface area contributed by atoms with E-state index >= 15 is 0 Å². The van der Waals surface area contributed by atoms with Gasteiger partial charge in [0.05, 0.1) is 18.1 Å². The molecule has 1 fully saturated rings. The first-order chi connectivity index (χ1) is 15.3. The lowest BCUT2D eigenvalue weighted by Gasteiger charge is -2.27. The first-order valence-corrected chi connectivity index (χ1v) is 12.3. The maximum absolute atomic E-state index is 13.2. The van der Waals surface area contributed by atoms with E-state index in [1.54, 1.807) is 12.1 Å². The van der Waals surface area contributed by atoms with E-state index in [1.165, 1.54) is 15.9 Å². The van der Waals surface area contributed by atoms with Gasteiger partial charge in [-0.15, -0.1) is 0 Å². The molecule has 0 bridgehead atoms. The van der Waals surface area contributed by atoms with Gasteiger partial charge in [0.1, 0.15) is 0 Å². The van der Waals surface area contributed by atoms with E-state index in [2.05, 4.69) is 23.3 Å². The average molecular weight is 456 g/mol. The van der Waals surface area contributed by atoms with Crippen LogP contribution in [-0.2, 0) is 27.7 Å². The Morgan fingerprint density at radius 3 is 2.59 bits per heavy atom. The summed E-state index contributed by atoms with van der Waals surface area (Å²) in [6, 6.07) is 11.0. The minimum Gasteiger partial charge on any atom is -0.379 e. The van der Waals surface area contributed by atoms with Crippen molar-refractivity contribution in [2.24, 2.45) is 0 Å². The average Bonchev–Trinajstić information content (AvgIpc) is 3.10. The number of rotatable bonds is 6. The standard InChI is InChI=1S/C24H29N3O4S/c1-4-19-6-7-20(14-23(19)32(29,30)27-9-11-31-12-10-27)24(28)25-15-18-5-8-22-21(13-18)16(2)17(3)26-22/h5-8,13-14,26H,4,9-12,15H2,1-3H3,(H,25,28). The fourth-order valence-electron chi connectivity index (χ4n) is 4.06. The molecule has 32 heavy (non-hydrogen) atoms. The molecular weight excluding hydrogens is 426 g/mol. The Balaban J connectivity index is 1.55. The number of nitrogens with one attached hydrogen (secondary N) is 2. The number of benzene rings is 2. The van der Waals surface area contributed by atoms with Crippen molar-refractivity contribution in [3.8, 4) is 0 Å². The molecule has 1 aliphatic heterocycles. The van der Waals surface area contributed by atoms with Gasteiger partial charge >= 0.3 is 0 Å². The highest BCUT2D eigenvalue weighted by Crippen LogP contribution is 2.24. The van der Waals surface area contributed by atoms with Crippen LogP contribution in [0.5, 0.6) is 0 Å². The number of amides is 1. The summed E-state index contributed by atoms with van der Waals surface area (Å²) >= 11 is 0. The number of aromatic amines is 1. The van der Waals surface area contributed by atoms with Gasteiger partial charge in [0.25, 0.3) is 5.91 Å². The lowest BCUT2D eigenvalue weighted by Crippen LogP contribution is -2.41. The second-order valence-electron chi connectivity index (χ2n) is 8.13. The minimum atomic E-state index is -3.68. The van der Waals surface area contributed by atoms with Gasteiger partial charge in [-0.1, -0.05) is 19.1 Å². The molecule has 1 saturated heterocycles. The highest BCUT2D eigenvalue weighted by Gasteiger charge is 2.29. The summed E-state index contributed by atoms with van der Waals surface area (Å²) in [4.78, 5) is 16.4. The van der Waals surface area contributed by atoms with Crippen molar-refractivity contribution < 1.29 is 17.9 Å². The Hall–Kier alpha value is -2.68. The Kier molecular flexibility index (Phi) is 6.37. The fourth-order valence-corrected chi connectivity index (χ4v) is 5.78. The number of carbonyl (C=O) groups is 1. The first kappa shape index (κ1) is 22.5. The molecule has 2 N–H and O–H groups in total. The first-order valence-electron chi connectivity index (χ1n) is 10.9. The third kappa shape index (κ3) is 4.30. The predicted octanol–water partition coefficient (Wildman–Crippen LogP) is 3.30. The molecule has 2 aromatic carbocycles. The van der Waals surface area contributed by atoms with E-state index in [0.717, 1.165) is 22.2 Å². The van der Waals surface area contributed by atoms with Crippen molar-refractivity contribution in [1.29, 1.82) is 0 Å². The summed E-state index contributed by atoms with van der Waals surface area (Å²) in [5.41, 5.74) is 5.43. The molecule has 3 aromatic rings. The van der Waals surface area contributed by atoms with Gasteiger partial charge in [-0.05, 0) is 61.2 Å². The Bertz CT molecular complexity index is 1260. The number of morpholine rings is 1. The predicted molar refractivity (Wildman–Crippen MR) is 124 cm³/mol. The van der Waals surface area contributed by atoms with Crippen molar-refractivity contribution in [3.05, 3.63) is 64.3 Å². The van der Waals surface area contributed by atoms with E-state index in [9.17, 15) is 13.2 Å². The molecule has 0 saturated carbocycles. The fraction of sp³-hybridized carbons (Fsp3) is 0.375. The monoisotopic (exact) mass is 455 g/mol. The summed E-state index contributed by atoms with van der Waals surface area (Å²) in [5.74, 6) is -0.298. The third-order valence-corrected chi connectivity index (χ3v) is 8.10. The number of hydrogen-bond acceptors (Lipinski definition) is 4. The molecule has 1 aromatic heterocycles. The zero-order valence-corrected chi connectivity index (χ0v) is 19.5. The molecular formula is C24H29N3O4S. The number of aromatic nitrogens is 1. The molecule has 0 spiro atoms. The van der Waals surface area contributed by atoms with Crippen LogP contribution >= 0.6 is 0 Å². The molecule has 0 unspecified atom stereocenters. The molecule has 0 radical (unpaired) electrons. The molecule has 8 heteroatoms. The van der Waals surface area contributed by atoms with Crippen molar-refractivity contribution in [3.63, 3.8) is 0 Å². The van der Waals surface area contributed by atoms with E-state index < -0.39 is 10.0 Å². The van der Waals surface area contributed by atoms with E-state index in [0.29, 0.717) is 50.4 Å². The summed E-state index contributed by atoms with van der Waals surface area (Å²) in [6.07, 6.45) is 0.566. The summed E-state index contributed by atoms with van der Waals surface area (Å²) in [6.45, 7) is 7.79. The summed E-state index contributed by atoms with van der Waals surface area (Å²) in [5, 5.41) is 4.06. The molecule has 0 aliphatic carbocycles. The summed E-state index contributed by atoms with van der Waals surface area (Å²) in [7, 11) is -3.68. The number of aryl methyl sites for hydroxylation is 3. The lowest BCUT2D eigenvalue weighted by atomic mass is 10.1. The van der Waals surface area contributed by atoms with Crippen LogP contribution in [0.4, 0.5) is 0 Å². The second-order valence-corrected chi connectivity index (χ2v) is 10.0. The third-order valence-electron chi connectivity index (χ3n) is 6.12. The number of fused-ring (bicyclic) bond motifs is 1. The number of ether oxygens (including phenoxy) is 1. The van der Waals surface area contributed by atoms with Crippen molar-refractivity contribution in [2.75, 3.05) is 26.3 Å². The van der Waals surface area contributed by atoms with Crippen LogP contribution in [0, 0.1) is 13.8 Å². The number of nitrogens with zero attached hydrogens (tertiary/aromatic N) is 1. The quantitative estimate of drug-likeness (QED) is 0.597. The Morgan fingerprint density at radius 2 is 1.88 bits per heavy atom. The van der Waals surface area contributed by atoms with Crippen LogP contribution < -0.4 is 5.32 Å². The van der Waals surface area contributed by atoms with E-state index in [1.807, 2.05) is 26.0 Å². The lowest BCUT2D eigenvalue weighted by molar-refractivity contribution is 0.0730. The van der Waals surface area contributed by atoms with Crippen LogP contribution in [0.3, 0.4) is 0 Å². The van der Waals surface area contributed by atoms with Gasteiger partial charge in [0, 0.05) is 41.8 Å². The van der Waals surface area contributed by atoms with Gasteiger partial charge in [-0.25, -0.2) is 8.42 Å². The van der Waals surface area contributed by atoms with Gasteiger partial charge < -0.3 is 15.0 Å². The molecule has 170 valence electrons. The normalized spacial score (nSPS) is 15.2. The molecule has 0 atom stereocenters. The number of hydrogen-bond donors (Lipinski definition) is 2. The van der Waals surface area contributed by atoms with E-state index in [-0.39, 0.29) is 10.8 Å². The Morgan fingerprint density at radius 1 is 1.12 bits per heavy atom. The SMILES string of the molecule is CCc1ccc(C(=O)NCc2ccc3[nH]c(C)c(C)c3c2)cc1S(=O)(=O)N1CCOCC1. The second kappa shape index (κ2) is 9.05. The number of sulfonamides is 1. The van der Waals surface area contributed by atoms with Gasteiger partial charge in [0.2, 0.25) is 10.0 Å². The highest BCUT2D eigenvalue weighted by atomic mass is 32.2. The molecule has 1 amide bonds. The highest BCUT2D eigenvalue weighted by molar-refractivity contribution is 7.89. The zero-order valence-electron chi connectivity index (χ0n) is 18.7. The topological polar surface area (TPSA) is 91.5 Å². The van der Waals surface area contributed by atoms with Crippen LogP contribution in [0.25, 0.3) is 10.9 Å². The van der Waals surface area contributed by atoms with Gasteiger partial charge in [-0.3, -0.25) is 4.79 Å². The van der Waals surface area contributed by atoms with E-state index in [4.69, 9.17) is 4.74 Å².